The molecule has 94 valence electrons. The van der Waals surface area contributed by atoms with Crippen molar-refractivity contribution in [2.45, 2.75) is 45.2 Å². The van der Waals surface area contributed by atoms with Crippen LogP contribution in [0.3, 0.4) is 0 Å². The molecule has 2 N–H and O–H groups in total. The van der Waals surface area contributed by atoms with Crippen LogP contribution in [0.5, 0.6) is 0 Å². The van der Waals surface area contributed by atoms with Crippen molar-refractivity contribution in [2.24, 2.45) is 0 Å². The molecule has 1 fully saturated rings. The average molecular weight is 257 g/mol. The van der Waals surface area contributed by atoms with E-state index in [0.29, 0.717) is 10.8 Å². The van der Waals surface area contributed by atoms with Gasteiger partial charge < -0.3 is 15.2 Å². The van der Waals surface area contributed by atoms with Crippen LogP contribution in [0.2, 0.25) is 5.02 Å². The third kappa shape index (κ3) is 2.12. The van der Waals surface area contributed by atoms with Gasteiger partial charge in [-0.2, -0.15) is 0 Å². The van der Waals surface area contributed by atoms with Crippen molar-refractivity contribution in [3.8, 4) is 0 Å². The molecule has 0 atom stereocenters. The minimum absolute atomic E-state index is 0.312. The molecular weight excluding hydrogens is 240 g/mol. The first-order valence-electron chi connectivity index (χ1n) is 5.49. The van der Waals surface area contributed by atoms with E-state index in [2.05, 4.69) is 4.98 Å². The quantitative estimate of drug-likeness (QED) is 0.839. The van der Waals surface area contributed by atoms with Crippen LogP contribution in [0.25, 0.3) is 0 Å². The summed E-state index contributed by atoms with van der Waals surface area (Å²) in [7, 11) is 0. The zero-order valence-electron chi connectivity index (χ0n) is 10.5. The van der Waals surface area contributed by atoms with E-state index in [1.54, 1.807) is 12.3 Å². The third-order valence-corrected chi connectivity index (χ3v) is 3.72. The van der Waals surface area contributed by atoms with Gasteiger partial charge in [-0.15, -0.1) is 0 Å². The van der Waals surface area contributed by atoms with E-state index in [-0.39, 0.29) is 11.2 Å². The predicted molar refractivity (Wildman–Crippen MR) is 66.7 cm³/mol. The Balaban J connectivity index is 2.29. The maximum absolute atomic E-state index is 5.94. The molecule has 1 aliphatic heterocycles. The monoisotopic (exact) mass is 256 g/mol. The smallest absolute Gasteiger partial charge is 0.186 e. The molecule has 0 aliphatic carbocycles. The Morgan fingerprint density at radius 1 is 1.24 bits per heavy atom. The summed E-state index contributed by atoms with van der Waals surface area (Å²) in [5.74, 6) is 0.312. The second kappa shape index (κ2) is 3.83. The van der Waals surface area contributed by atoms with Gasteiger partial charge in [-0.05, 0) is 33.8 Å². The van der Waals surface area contributed by atoms with Crippen molar-refractivity contribution in [2.75, 3.05) is 5.73 Å². The van der Waals surface area contributed by atoms with Crippen LogP contribution in [-0.2, 0) is 9.47 Å². The van der Waals surface area contributed by atoms with Gasteiger partial charge in [0.25, 0.3) is 0 Å². The fraction of sp³-hybridized carbons (Fsp3) is 0.583. The van der Waals surface area contributed by atoms with Crippen molar-refractivity contribution >= 4 is 17.4 Å². The summed E-state index contributed by atoms with van der Waals surface area (Å²) >= 11 is 5.94. The Hall–Kier alpha value is -0.840. The number of nitrogens with zero attached hydrogens (tertiary/aromatic N) is 1. The summed E-state index contributed by atoms with van der Waals surface area (Å²) in [5, 5.41) is 0.414. The average Bonchev–Trinajstić information content (AvgIpc) is 2.41. The maximum atomic E-state index is 5.94. The number of halogens is 1. The number of aromatic nitrogens is 1. The largest absolute Gasteiger partial charge is 0.382 e. The minimum Gasteiger partial charge on any atom is -0.382 e. The van der Waals surface area contributed by atoms with Crippen molar-refractivity contribution < 1.29 is 9.47 Å². The molecule has 2 rings (SSSR count). The number of rotatable bonds is 1. The molecule has 0 amide bonds. The highest BCUT2D eigenvalue weighted by molar-refractivity contribution is 6.32. The van der Waals surface area contributed by atoms with Gasteiger partial charge in [0.15, 0.2) is 6.29 Å². The summed E-state index contributed by atoms with van der Waals surface area (Å²) in [6, 6.07) is 1.73. The highest BCUT2D eigenvalue weighted by Gasteiger charge is 2.49. The van der Waals surface area contributed by atoms with E-state index >= 15 is 0 Å². The molecule has 2 heterocycles. The van der Waals surface area contributed by atoms with Crippen LogP contribution < -0.4 is 5.73 Å². The van der Waals surface area contributed by atoms with Crippen LogP contribution in [0.1, 0.15) is 39.5 Å². The van der Waals surface area contributed by atoms with Gasteiger partial charge >= 0.3 is 0 Å². The molecule has 1 saturated heterocycles. The molecule has 4 nitrogen and oxygen atoms in total. The van der Waals surface area contributed by atoms with Crippen molar-refractivity contribution in [1.29, 1.82) is 0 Å². The summed E-state index contributed by atoms with van der Waals surface area (Å²) in [5.41, 5.74) is 5.61. The van der Waals surface area contributed by atoms with Crippen molar-refractivity contribution in [3.05, 3.63) is 22.8 Å². The number of ether oxygens (including phenoxy) is 2. The molecule has 0 bridgehead atoms. The Morgan fingerprint density at radius 3 is 2.24 bits per heavy atom. The first kappa shape index (κ1) is 12.6. The van der Waals surface area contributed by atoms with Crippen molar-refractivity contribution in [3.63, 3.8) is 0 Å². The molecule has 17 heavy (non-hydrogen) atoms. The number of hydrogen-bond acceptors (Lipinski definition) is 4. The molecule has 0 unspecified atom stereocenters. The van der Waals surface area contributed by atoms with E-state index in [9.17, 15) is 0 Å². The third-order valence-electron chi connectivity index (χ3n) is 3.42. The van der Waals surface area contributed by atoms with Gasteiger partial charge in [-0.25, -0.2) is 4.98 Å². The Morgan fingerprint density at radius 2 is 1.76 bits per heavy atom. The predicted octanol–water partition coefficient (Wildman–Crippen LogP) is 2.92. The number of hydrogen-bond donors (Lipinski definition) is 1. The Kier molecular flexibility index (Phi) is 2.84. The fourth-order valence-corrected chi connectivity index (χ4v) is 1.75. The van der Waals surface area contributed by atoms with Crippen LogP contribution >= 0.6 is 11.6 Å². The van der Waals surface area contributed by atoms with Gasteiger partial charge in [0.2, 0.25) is 0 Å². The summed E-state index contributed by atoms with van der Waals surface area (Å²) in [6.45, 7) is 8.00. The van der Waals surface area contributed by atoms with Gasteiger partial charge in [-0.1, -0.05) is 11.6 Å². The zero-order valence-corrected chi connectivity index (χ0v) is 11.2. The summed E-state index contributed by atoms with van der Waals surface area (Å²) in [4.78, 5) is 4.00. The van der Waals surface area contributed by atoms with Gasteiger partial charge in [0.05, 0.1) is 16.2 Å². The highest BCUT2D eigenvalue weighted by Crippen LogP contribution is 2.44. The number of nitrogen functional groups attached to an aromatic ring is 1. The second-order valence-electron chi connectivity index (χ2n) is 5.22. The van der Waals surface area contributed by atoms with E-state index in [0.717, 1.165) is 5.56 Å². The summed E-state index contributed by atoms with van der Waals surface area (Å²) < 4.78 is 11.8. The molecule has 1 aromatic heterocycles. The van der Waals surface area contributed by atoms with E-state index < -0.39 is 6.29 Å². The Labute approximate surface area is 106 Å². The minimum atomic E-state index is -0.453. The van der Waals surface area contributed by atoms with Gasteiger partial charge in [0.1, 0.15) is 5.82 Å². The zero-order chi connectivity index (χ0) is 12.8. The first-order valence-corrected chi connectivity index (χ1v) is 5.87. The van der Waals surface area contributed by atoms with Gasteiger partial charge in [0, 0.05) is 11.8 Å². The molecule has 0 radical (unpaired) electrons. The lowest BCUT2D eigenvalue weighted by molar-refractivity contribution is -0.0897. The van der Waals surface area contributed by atoms with Crippen molar-refractivity contribution in [1.82, 2.24) is 4.98 Å². The first-order chi connectivity index (χ1) is 7.73. The molecular formula is C12H17ClN2O2. The standard InChI is InChI=1S/C12H17ClN2O2/c1-11(2)12(3,4)17-10(16-11)7-5-8(13)9(14)15-6-7/h5-6,10H,1-4H3,(H2,14,15). The maximum Gasteiger partial charge on any atom is 0.186 e. The number of anilines is 1. The van der Waals surface area contributed by atoms with Crippen LogP contribution in [0.15, 0.2) is 12.3 Å². The summed E-state index contributed by atoms with van der Waals surface area (Å²) in [6.07, 6.45) is 1.18. The number of pyridine rings is 1. The highest BCUT2D eigenvalue weighted by atomic mass is 35.5. The fourth-order valence-electron chi connectivity index (χ4n) is 1.57. The molecule has 0 saturated carbocycles. The lowest BCUT2D eigenvalue weighted by Crippen LogP contribution is -2.41. The van der Waals surface area contributed by atoms with Crippen LogP contribution in [0, 0.1) is 0 Å². The molecule has 0 aromatic carbocycles. The van der Waals surface area contributed by atoms with E-state index in [4.69, 9.17) is 26.8 Å². The number of nitrogens with two attached hydrogens (primary N) is 1. The molecule has 0 spiro atoms. The Bertz CT molecular complexity index is 430. The van der Waals surface area contributed by atoms with E-state index in [1.807, 2.05) is 27.7 Å². The molecule has 1 aliphatic rings. The molecule has 5 heteroatoms. The lowest BCUT2D eigenvalue weighted by atomic mass is 9.90. The SMILES string of the molecule is CC1(C)OC(c2cnc(N)c(Cl)c2)OC1(C)C. The van der Waals surface area contributed by atoms with E-state index in [1.165, 1.54) is 0 Å². The van der Waals surface area contributed by atoms with Crippen LogP contribution in [0.4, 0.5) is 5.82 Å². The second-order valence-corrected chi connectivity index (χ2v) is 5.63. The molecule has 1 aromatic rings. The normalized spacial score (nSPS) is 22.9. The van der Waals surface area contributed by atoms with Crippen LogP contribution in [-0.4, -0.2) is 16.2 Å². The lowest BCUT2D eigenvalue weighted by Gasteiger charge is -2.30. The van der Waals surface area contributed by atoms with Gasteiger partial charge in [-0.3, -0.25) is 0 Å². The topological polar surface area (TPSA) is 57.4 Å².